The summed E-state index contributed by atoms with van der Waals surface area (Å²) < 4.78 is 5.02. The predicted molar refractivity (Wildman–Crippen MR) is 100 cm³/mol. The van der Waals surface area contributed by atoms with Crippen molar-refractivity contribution in [3.8, 4) is 0 Å². The summed E-state index contributed by atoms with van der Waals surface area (Å²) in [6.07, 6.45) is 1.71. The van der Waals surface area contributed by atoms with Crippen molar-refractivity contribution in [2.24, 2.45) is 0 Å². The third kappa shape index (κ3) is 5.00. The topological polar surface area (TPSA) is 76.1 Å². The van der Waals surface area contributed by atoms with Gasteiger partial charge in [0.05, 0.1) is 6.61 Å². The molecule has 0 saturated heterocycles. The molecule has 1 aromatic heterocycles. The third-order valence-corrected chi connectivity index (χ3v) is 3.92. The lowest BCUT2D eigenvalue weighted by molar-refractivity contribution is 0.102. The second-order valence-corrected chi connectivity index (χ2v) is 5.72. The number of anilines is 2. The molecule has 134 valence electrons. The van der Waals surface area contributed by atoms with Crippen LogP contribution in [0.4, 0.5) is 11.5 Å². The average Bonchev–Trinajstić information content (AvgIpc) is 2.61. The number of para-hydroxylation sites is 1. The van der Waals surface area contributed by atoms with Gasteiger partial charge in [0.25, 0.3) is 5.91 Å². The number of nitrogens with zero attached hydrogens (tertiary/aromatic N) is 2. The fourth-order valence-electron chi connectivity index (χ4n) is 2.64. The number of hydrogen-bond acceptors (Lipinski definition) is 5. The predicted octanol–water partition coefficient (Wildman–Crippen LogP) is 3.22. The van der Waals surface area contributed by atoms with Crippen molar-refractivity contribution in [2.45, 2.75) is 33.6 Å². The number of hydrogen-bond donors (Lipinski definition) is 2. The normalized spacial score (nSPS) is 10.6. The van der Waals surface area contributed by atoms with Crippen LogP contribution in [-0.2, 0) is 17.6 Å². The molecule has 0 atom stereocenters. The molecule has 2 N–H and O–H groups in total. The lowest BCUT2D eigenvalue weighted by Gasteiger charge is -2.14. The minimum absolute atomic E-state index is 0.226. The van der Waals surface area contributed by atoms with Crippen LogP contribution in [0.5, 0.6) is 0 Å². The lowest BCUT2D eigenvalue weighted by atomic mass is 10.0. The van der Waals surface area contributed by atoms with Crippen LogP contribution in [0.3, 0.4) is 0 Å². The molecule has 0 spiro atoms. The van der Waals surface area contributed by atoms with Crippen LogP contribution in [0.15, 0.2) is 24.3 Å². The zero-order valence-electron chi connectivity index (χ0n) is 15.3. The Morgan fingerprint density at radius 1 is 1.16 bits per heavy atom. The van der Waals surface area contributed by atoms with Gasteiger partial charge >= 0.3 is 0 Å². The van der Waals surface area contributed by atoms with Gasteiger partial charge < -0.3 is 15.4 Å². The number of carbonyl (C=O) groups is 1. The van der Waals surface area contributed by atoms with Crippen molar-refractivity contribution in [1.29, 1.82) is 0 Å². The third-order valence-electron chi connectivity index (χ3n) is 3.92. The molecule has 0 saturated carbocycles. The van der Waals surface area contributed by atoms with E-state index < -0.39 is 0 Å². The van der Waals surface area contributed by atoms with Gasteiger partial charge in [-0.05, 0) is 30.9 Å². The van der Waals surface area contributed by atoms with E-state index in [0.717, 1.165) is 29.7 Å². The Bertz CT molecular complexity index is 709. The van der Waals surface area contributed by atoms with Crippen molar-refractivity contribution in [1.82, 2.24) is 9.97 Å². The number of nitrogens with one attached hydrogen (secondary N) is 2. The first-order valence-corrected chi connectivity index (χ1v) is 8.59. The second kappa shape index (κ2) is 9.13. The molecule has 0 bridgehead atoms. The van der Waals surface area contributed by atoms with Gasteiger partial charge in [0.15, 0.2) is 0 Å². The number of ether oxygens (including phenoxy) is 1. The van der Waals surface area contributed by atoms with E-state index in [2.05, 4.69) is 34.4 Å². The van der Waals surface area contributed by atoms with Gasteiger partial charge in [0, 0.05) is 25.4 Å². The highest BCUT2D eigenvalue weighted by Gasteiger charge is 2.14. The molecule has 0 aliphatic carbocycles. The Morgan fingerprint density at radius 2 is 1.84 bits per heavy atom. The van der Waals surface area contributed by atoms with Crippen LogP contribution < -0.4 is 10.6 Å². The number of methoxy groups -OCH3 is 1. The minimum Gasteiger partial charge on any atom is -0.383 e. The maximum Gasteiger partial charge on any atom is 0.274 e. The van der Waals surface area contributed by atoms with Gasteiger partial charge in [0.2, 0.25) is 0 Å². The molecule has 6 nitrogen and oxygen atoms in total. The highest BCUT2D eigenvalue weighted by Crippen LogP contribution is 2.23. The molecule has 2 rings (SSSR count). The average molecular weight is 342 g/mol. The molecule has 0 fully saturated rings. The summed E-state index contributed by atoms with van der Waals surface area (Å²) in [7, 11) is 1.64. The van der Waals surface area contributed by atoms with Gasteiger partial charge in [-0.25, -0.2) is 9.97 Å². The van der Waals surface area contributed by atoms with Crippen molar-refractivity contribution < 1.29 is 9.53 Å². The number of aromatic nitrogens is 2. The minimum atomic E-state index is -0.226. The first-order chi connectivity index (χ1) is 12.1. The van der Waals surface area contributed by atoms with Crippen LogP contribution in [0.25, 0.3) is 0 Å². The number of carbonyl (C=O) groups excluding carboxylic acids is 1. The van der Waals surface area contributed by atoms with E-state index in [9.17, 15) is 4.79 Å². The first-order valence-electron chi connectivity index (χ1n) is 8.59. The molecule has 2 aromatic rings. The fourth-order valence-corrected chi connectivity index (χ4v) is 2.64. The molecular formula is C19H26N4O2. The molecule has 1 aromatic carbocycles. The van der Waals surface area contributed by atoms with Gasteiger partial charge in [-0.15, -0.1) is 0 Å². The van der Waals surface area contributed by atoms with Gasteiger partial charge in [-0.3, -0.25) is 4.79 Å². The van der Waals surface area contributed by atoms with Gasteiger partial charge in [-0.1, -0.05) is 32.0 Å². The summed E-state index contributed by atoms with van der Waals surface area (Å²) in [6.45, 7) is 7.12. The number of rotatable bonds is 8. The standard InChI is InChI=1S/C19H26N4O2/c1-5-14-8-7-9-15(6-2)18(14)23-19(24)16-12-17(20-10-11-25-4)22-13(3)21-16/h7-9,12H,5-6,10-11H2,1-4H3,(H,23,24)(H,20,21,22). The molecule has 0 radical (unpaired) electrons. The number of benzene rings is 1. The molecule has 0 unspecified atom stereocenters. The highest BCUT2D eigenvalue weighted by atomic mass is 16.5. The van der Waals surface area contributed by atoms with Crippen LogP contribution in [0, 0.1) is 6.92 Å². The van der Waals surface area contributed by atoms with Crippen molar-refractivity contribution in [3.05, 3.63) is 46.9 Å². The first kappa shape index (κ1) is 18.9. The van der Waals surface area contributed by atoms with E-state index in [1.54, 1.807) is 20.1 Å². The van der Waals surface area contributed by atoms with E-state index in [1.165, 1.54) is 0 Å². The van der Waals surface area contributed by atoms with Crippen molar-refractivity contribution in [2.75, 3.05) is 30.9 Å². The summed E-state index contributed by atoms with van der Waals surface area (Å²) >= 11 is 0. The van der Waals surface area contributed by atoms with Crippen molar-refractivity contribution in [3.63, 3.8) is 0 Å². The summed E-state index contributed by atoms with van der Waals surface area (Å²) in [5.41, 5.74) is 3.48. The van der Waals surface area contributed by atoms with Gasteiger partial charge in [0.1, 0.15) is 17.3 Å². The fraction of sp³-hybridized carbons (Fsp3) is 0.421. The molecule has 1 amide bonds. The summed E-state index contributed by atoms with van der Waals surface area (Å²) in [5.74, 6) is 0.942. The zero-order valence-corrected chi connectivity index (χ0v) is 15.3. The van der Waals surface area contributed by atoms with E-state index in [4.69, 9.17) is 4.74 Å². The molecule has 0 aliphatic rings. The monoisotopic (exact) mass is 342 g/mol. The summed E-state index contributed by atoms with van der Waals surface area (Å²) in [6, 6.07) is 7.77. The Kier molecular flexibility index (Phi) is 6.89. The molecule has 25 heavy (non-hydrogen) atoms. The highest BCUT2D eigenvalue weighted by molar-refractivity contribution is 6.04. The smallest absolute Gasteiger partial charge is 0.274 e. The maximum absolute atomic E-state index is 12.7. The van der Waals surface area contributed by atoms with Crippen LogP contribution in [-0.4, -0.2) is 36.1 Å². The Hall–Kier alpha value is -2.47. The van der Waals surface area contributed by atoms with Gasteiger partial charge in [-0.2, -0.15) is 0 Å². The van der Waals surface area contributed by atoms with Crippen LogP contribution >= 0.6 is 0 Å². The summed E-state index contributed by atoms with van der Waals surface area (Å²) in [4.78, 5) is 21.3. The van der Waals surface area contributed by atoms with E-state index in [0.29, 0.717) is 30.5 Å². The second-order valence-electron chi connectivity index (χ2n) is 5.72. The lowest BCUT2D eigenvalue weighted by Crippen LogP contribution is -2.18. The molecule has 0 aliphatic heterocycles. The largest absolute Gasteiger partial charge is 0.383 e. The number of aryl methyl sites for hydroxylation is 3. The van der Waals surface area contributed by atoms with Crippen LogP contribution in [0.1, 0.15) is 41.3 Å². The van der Waals surface area contributed by atoms with E-state index in [1.807, 2.05) is 18.2 Å². The molecular weight excluding hydrogens is 316 g/mol. The molecule has 1 heterocycles. The SMILES string of the molecule is CCc1cccc(CC)c1NC(=O)c1cc(NCCOC)nc(C)n1. The van der Waals surface area contributed by atoms with Crippen LogP contribution in [0.2, 0.25) is 0 Å². The van der Waals surface area contributed by atoms with Crippen molar-refractivity contribution >= 4 is 17.4 Å². The zero-order chi connectivity index (χ0) is 18.2. The maximum atomic E-state index is 12.7. The molecule has 6 heteroatoms. The van der Waals surface area contributed by atoms with E-state index >= 15 is 0 Å². The Balaban J connectivity index is 2.24. The number of amides is 1. The summed E-state index contributed by atoms with van der Waals surface area (Å²) in [5, 5.41) is 6.17. The Morgan fingerprint density at radius 3 is 2.44 bits per heavy atom. The Labute approximate surface area is 149 Å². The quantitative estimate of drug-likeness (QED) is 0.720. The van der Waals surface area contributed by atoms with E-state index in [-0.39, 0.29) is 5.91 Å².